The zero-order chi connectivity index (χ0) is 17.8. The second-order valence-electron chi connectivity index (χ2n) is 5.00. The van der Waals surface area contributed by atoms with Crippen LogP contribution in [0.25, 0.3) is 11.3 Å². The van der Waals surface area contributed by atoms with E-state index in [1.165, 1.54) is 11.3 Å². The van der Waals surface area contributed by atoms with Crippen molar-refractivity contribution in [2.75, 3.05) is 5.32 Å². The molecule has 0 unspecified atom stereocenters. The van der Waals surface area contributed by atoms with Gasteiger partial charge in [-0.1, -0.05) is 17.7 Å². The molecule has 5 nitrogen and oxygen atoms in total. The molecule has 128 valence electrons. The highest BCUT2D eigenvalue weighted by molar-refractivity contribution is 7.80. The first-order chi connectivity index (χ1) is 12.1. The molecule has 2 heterocycles. The first-order valence-electron chi connectivity index (χ1n) is 7.22. The van der Waals surface area contributed by atoms with E-state index in [1.807, 2.05) is 5.38 Å². The van der Waals surface area contributed by atoms with Crippen LogP contribution >= 0.6 is 35.2 Å². The largest absolute Gasteiger partial charge is 0.459 e. The monoisotopic (exact) mass is 392 g/mol. The van der Waals surface area contributed by atoms with Crippen molar-refractivity contribution in [1.82, 2.24) is 5.32 Å². The molecule has 0 saturated heterocycles. The van der Waals surface area contributed by atoms with E-state index < -0.39 is 0 Å². The number of halogens is 1. The van der Waals surface area contributed by atoms with Crippen LogP contribution in [0, 0.1) is 0 Å². The molecule has 3 N–H and O–H groups in total. The van der Waals surface area contributed by atoms with Crippen LogP contribution in [0.4, 0.5) is 5.69 Å². The number of rotatable bonds is 4. The fraction of sp³-hybridized carbons (Fsp3) is 0.0588. The lowest BCUT2D eigenvalue weighted by Gasteiger charge is -2.11. The second-order valence-corrected chi connectivity index (χ2v) is 6.77. The SMILES string of the molecule is O=C(NC(=S)Nc1cc(-c2ccc(CO)o2)ccc1Cl)c1cccs1. The van der Waals surface area contributed by atoms with Gasteiger partial charge < -0.3 is 14.8 Å². The Hall–Kier alpha value is -2.19. The first kappa shape index (κ1) is 17.6. The Morgan fingerprint density at radius 2 is 2.12 bits per heavy atom. The molecular weight excluding hydrogens is 380 g/mol. The van der Waals surface area contributed by atoms with Crippen LogP contribution in [0.3, 0.4) is 0 Å². The highest BCUT2D eigenvalue weighted by Gasteiger charge is 2.12. The van der Waals surface area contributed by atoms with Crippen molar-refractivity contribution in [3.8, 4) is 11.3 Å². The van der Waals surface area contributed by atoms with Crippen molar-refractivity contribution in [1.29, 1.82) is 0 Å². The molecule has 0 aliphatic rings. The van der Waals surface area contributed by atoms with Gasteiger partial charge in [-0.2, -0.15) is 0 Å². The molecule has 0 fully saturated rings. The maximum atomic E-state index is 12.0. The van der Waals surface area contributed by atoms with Gasteiger partial charge in [0.1, 0.15) is 18.1 Å². The molecule has 0 aliphatic carbocycles. The highest BCUT2D eigenvalue weighted by Crippen LogP contribution is 2.30. The van der Waals surface area contributed by atoms with Gasteiger partial charge in [0.15, 0.2) is 5.11 Å². The summed E-state index contributed by atoms with van der Waals surface area (Å²) in [6.07, 6.45) is 0. The number of anilines is 1. The van der Waals surface area contributed by atoms with Gasteiger partial charge >= 0.3 is 0 Å². The minimum atomic E-state index is -0.279. The fourth-order valence-corrected chi connectivity index (χ4v) is 3.10. The molecule has 3 aromatic rings. The molecule has 0 spiro atoms. The van der Waals surface area contributed by atoms with E-state index >= 15 is 0 Å². The Morgan fingerprint density at radius 3 is 2.80 bits per heavy atom. The van der Waals surface area contributed by atoms with Crippen LogP contribution in [0.1, 0.15) is 15.4 Å². The number of hydrogen-bond acceptors (Lipinski definition) is 5. The second kappa shape index (κ2) is 7.79. The van der Waals surface area contributed by atoms with Crippen LogP contribution in [0.15, 0.2) is 52.3 Å². The van der Waals surface area contributed by atoms with Crippen molar-refractivity contribution in [2.24, 2.45) is 0 Å². The number of hydrogen-bond donors (Lipinski definition) is 3. The number of thiophene rings is 1. The van der Waals surface area contributed by atoms with Crippen LogP contribution in [-0.4, -0.2) is 16.1 Å². The lowest BCUT2D eigenvalue weighted by molar-refractivity contribution is 0.0981. The quantitative estimate of drug-likeness (QED) is 0.578. The third-order valence-corrected chi connectivity index (χ3v) is 4.69. The maximum Gasteiger partial charge on any atom is 0.267 e. The molecular formula is C17H13ClN2O3S2. The molecule has 2 aromatic heterocycles. The summed E-state index contributed by atoms with van der Waals surface area (Å²) in [7, 11) is 0. The van der Waals surface area contributed by atoms with Crippen molar-refractivity contribution < 1.29 is 14.3 Å². The Balaban J connectivity index is 1.74. The maximum absolute atomic E-state index is 12.0. The summed E-state index contributed by atoms with van der Waals surface area (Å²) >= 11 is 12.7. The third kappa shape index (κ3) is 4.26. The van der Waals surface area contributed by atoms with E-state index in [2.05, 4.69) is 10.6 Å². The molecule has 0 radical (unpaired) electrons. The average molecular weight is 393 g/mol. The molecule has 3 rings (SSSR count). The van der Waals surface area contributed by atoms with Gasteiger partial charge in [0, 0.05) is 5.56 Å². The predicted molar refractivity (Wildman–Crippen MR) is 103 cm³/mol. The van der Waals surface area contributed by atoms with Crippen LogP contribution < -0.4 is 10.6 Å². The van der Waals surface area contributed by atoms with Gasteiger partial charge in [0.25, 0.3) is 5.91 Å². The number of amides is 1. The molecule has 0 bridgehead atoms. The van der Waals surface area contributed by atoms with Gasteiger partial charge in [-0.25, -0.2) is 0 Å². The van der Waals surface area contributed by atoms with Gasteiger partial charge in [0.05, 0.1) is 15.6 Å². The smallest absolute Gasteiger partial charge is 0.267 e. The summed E-state index contributed by atoms with van der Waals surface area (Å²) in [5, 5.41) is 17.0. The molecule has 0 atom stereocenters. The Labute approximate surface area is 158 Å². The molecule has 1 aromatic carbocycles. The zero-order valence-corrected chi connectivity index (χ0v) is 15.2. The van der Waals surface area contributed by atoms with Crippen molar-refractivity contribution in [3.63, 3.8) is 0 Å². The lowest BCUT2D eigenvalue weighted by atomic mass is 10.1. The van der Waals surface area contributed by atoms with Crippen LogP contribution in [-0.2, 0) is 6.61 Å². The minimum absolute atomic E-state index is 0.146. The van der Waals surface area contributed by atoms with Gasteiger partial charge in [0.2, 0.25) is 0 Å². The Kier molecular flexibility index (Phi) is 5.50. The summed E-state index contributed by atoms with van der Waals surface area (Å²) in [6.45, 7) is -0.169. The number of furan rings is 1. The van der Waals surface area contributed by atoms with E-state index in [4.69, 9.17) is 33.3 Å². The summed E-state index contributed by atoms with van der Waals surface area (Å²) in [4.78, 5) is 12.6. The fourth-order valence-electron chi connectivity index (χ4n) is 2.12. The Morgan fingerprint density at radius 1 is 1.28 bits per heavy atom. The summed E-state index contributed by atoms with van der Waals surface area (Å²) < 4.78 is 5.51. The summed E-state index contributed by atoms with van der Waals surface area (Å²) in [5.41, 5.74) is 1.30. The van der Waals surface area contributed by atoms with Crippen LogP contribution in [0.2, 0.25) is 5.02 Å². The molecule has 1 amide bonds. The standard InChI is InChI=1S/C17H13ClN2O3S2/c18-12-5-3-10(14-6-4-11(9-21)23-14)8-13(12)19-17(24)20-16(22)15-2-1-7-25-15/h1-8,21H,9H2,(H2,19,20,22,24). The number of nitrogens with one attached hydrogen (secondary N) is 2. The van der Waals surface area contributed by atoms with E-state index in [1.54, 1.807) is 42.5 Å². The van der Waals surface area contributed by atoms with E-state index in [9.17, 15) is 4.79 Å². The average Bonchev–Trinajstić information content (AvgIpc) is 3.28. The number of carbonyl (C=O) groups is 1. The number of carbonyl (C=O) groups excluding carboxylic acids is 1. The van der Waals surface area contributed by atoms with Gasteiger partial charge in [-0.05, 0) is 54.0 Å². The summed E-state index contributed by atoms with van der Waals surface area (Å²) in [5.74, 6) is 0.786. The lowest BCUT2D eigenvalue weighted by Crippen LogP contribution is -2.33. The van der Waals surface area contributed by atoms with Crippen molar-refractivity contribution in [3.05, 3.63) is 63.5 Å². The van der Waals surface area contributed by atoms with Crippen molar-refractivity contribution in [2.45, 2.75) is 6.61 Å². The molecule has 25 heavy (non-hydrogen) atoms. The predicted octanol–water partition coefficient (Wildman–Crippen LogP) is 4.28. The van der Waals surface area contributed by atoms with Gasteiger partial charge in [-0.15, -0.1) is 11.3 Å². The number of aliphatic hydroxyl groups excluding tert-OH is 1. The van der Waals surface area contributed by atoms with Crippen LogP contribution in [0.5, 0.6) is 0 Å². The molecule has 0 aliphatic heterocycles. The number of aliphatic hydroxyl groups is 1. The number of benzene rings is 1. The molecule has 0 saturated carbocycles. The first-order valence-corrected chi connectivity index (χ1v) is 8.89. The third-order valence-electron chi connectivity index (χ3n) is 3.29. The molecule has 8 heteroatoms. The summed E-state index contributed by atoms with van der Waals surface area (Å²) in [6, 6.07) is 12.2. The van der Waals surface area contributed by atoms with E-state index in [0.29, 0.717) is 27.1 Å². The van der Waals surface area contributed by atoms with Crippen molar-refractivity contribution >= 4 is 51.9 Å². The number of thiocarbonyl (C=S) groups is 1. The van der Waals surface area contributed by atoms with Gasteiger partial charge in [-0.3, -0.25) is 10.1 Å². The topological polar surface area (TPSA) is 74.5 Å². The Bertz CT molecular complexity index is 907. The normalized spacial score (nSPS) is 10.5. The zero-order valence-electron chi connectivity index (χ0n) is 12.8. The highest BCUT2D eigenvalue weighted by atomic mass is 35.5. The minimum Gasteiger partial charge on any atom is -0.459 e. The van der Waals surface area contributed by atoms with E-state index in [0.717, 1.165) is 5.56 Å². The van der Waals surface area contributed by atoms with E-state index in [-0.39, 0.29) is 17.6 Å².